The van der Waals surface area contributed by atoms with Crippen LogP contribution in [0.15, 0.2) is 0 Å². The summed E-state index contributed by atoms with van der Waals surface area (Å²) in [5.41, 5.74) is 12.2. The zero-order valence-corrected chi connectivity index (χ0v) is 25.8. The summed E-state index contributed by atoms with van der Waals surface area (Å²) in [5, 5.41) is 3.37. The summed E-state index contributed by atoms with van der Waals surface area (Å²) in [4.78, 5) is 0. The molecular weight excluding hydrogens is 442 g/mol. The van der Waals surface area contributed by atoms with Gasteiger partial charge >= 0.3 is 28.7 Å². The second-order valence-corrected chi connectivity index (χ2v) is 20.2. The second-order valence-electron chi connectivity index (χ2n) is 10.2. The van der Waals surface area contributed by atoms with Crippen molar-refractivity contribution in [2.24, 2.45) is 0 Å². The molecule has 2 N–H and O–H groups in total. The number of halogens is 1. The molecular formula is C24H44ClNSi2Ti. The molecule has 29 heavy (non-hydrogen) atoms. The van der Waals surface area contributed by atoms with Gasteiger partial charge in [0.05, 0.1) is 16.1 Å². The SMILES string of the molecule is Cc1c(C)c([Si](C)(C)C)[c-](C)c1C.Cc1c(C)c([Si](C)(C)C)[c-](C)c1C.[Cl][Ti+3].[NH2-]. The van der Waals surface area contributed by atoms with Crippen LogP contribution in [0.5, 0.6) is 0 Å². The van der Waals surface area contributed by atoms with E-state index in [2.05, 4.69) is 104 Å². The van der Waals surface area contributed by atoms with Gasteiger partial charge in [0.25, 0.3) is 0 Å². The standard InChI is InChI=1S/2C12H21Si.ClH.H2N.Ti/c2*1-8-9(2)11(4)12(10(8)3)13(5,6)7;;;/h2*1-7H3;1H;1H2;/q2*-1;;-1;+4/p-1. The van der Waals surface area contributed by atoms with E-state index in [0.717, 1.165) is 0 Å². The normalized spacial score (nSPS) is 11.2. The molecule has 0 bridgehead atoms. The Balaban J connectivity index is 0. The summed E-state index contributed by atoms with van der Waals surface area (Å²) in [6.07, 6.45) is 0. The van der Waals surface area contributed by atoms with Crippen LogP contribution in [-0.4, -0.2) is 16.1 Å². The van der Waals surface area contributed by atoms with Crippen molar-refractivity contribution < 1.29 is 19.4 Å². The molecule has 164 valence electrons. The van der Waals surface area contributed by atoms with Crippen molar-refractivity contribution >= 4 is 35.8 Å². The van der Waals surface area contributed by atoms with Gasteiger partial charge in [-0.2, -0.15) is 54.9 Å². The Kier molecular flexibility index (Phi) is 12.6. The Morgan fingerprint density at radius 3 is 0.828 bits per heavy atom. The Hall–Kier alpha value is 0.0981. The van der Waals surface area contributed by atoms with Gasteiger partial charge in [0.2, 0.25) is 0 Å². The molecule has 2 rings (SSSR count). The molecule has 0 fully saturated rings. The fraction of sp³-hybridized carbons (Fsp3) is 0.583. The average molecular weight is 486 g/mol. The maximum Gasteiger partial charge on any atom is -0.693 e. The summed E-state index contributed by atoms with van der Waals surface area (Å²) >= 11 is 1.47. The fourth-order valence-corrected chi connectivity index (χ4v) is 9.94. The smallest absolute Gasteiger partial charge is 0.693 e. The first kappa shape index (κ1) is 31.3. The third-order valence-electron chi connectivity index (χ3n) is 6.38. The molecule has 0 aliphatic heterocycles. The summed E-state index contributed by atoms with van der Waals surface area (Å²) in [5.74, 6) is 0. The van der Waals surface area contributed by atoms with Gasteiger partial charge in [0.15, 0.2) is 0 Å². The molecule has 0 radical (unpaired) electrons. The van der Waals surface area contributed by atoms with E-state index >= 15 is 0 Å². The molecule has 0 spiro atoms. The van der Waals surface area contributed by atoms with Crippen molar-refractivity contribution in [1.29, 1.82) is 0 Å². The maximum absolute atomic E-state index is 4.64. The third-order valence-corrected chi connectivity index (χ3v) is 10.9. The summed E-state index contributed by atoms with van der Waals surface area (Å²) in [6.45, 7) is 32.7. The summed E-state index contributed by atoms with van der Waals surface area (Å²) < 4.78 is 0. The Bertz CT molecular complexity index is 684. The van der Waals surface area contributed by atoms with Crippen LogP contribution in [0.1, 0.15) is 44.5 Å². The van der Waals surface area contributed by atoms with Gasteiger partial charge in [0.1, 0.15) is 0 Å². The number of nitrogens with two attached hydrogens (primary N) is 1. The molecule has 0 atom stereocenters. The van der Waals surface area contributed by atoms with E-state index in [1.807, 2.05) is 0 Å². The summed E-state index contributed by atoms with van der Waals surface area (Å²) in [7, 11) is 2.37. The molecule has 0 saturated carbocycles. The van der Waals surface area contributed by atoms with Crippen LogP contribution < -0.4 is 10.4 Å². The minimum atomic E-state index is -1.13. The van der Waals surface area contributed by atoms with Gasteiger partial charge in [-0.3, -0.25) is 0 Å². The van der Waals surface area contributed by atoms with Crippen LogP contribution in [0.3, 0.4) is 0 Å². The van der Waals surface area contributed by atoms with Crippen molar-refractivity contribution in [3.63, 3.8) is 0 Å². The number of hydrogen-bond acceptors (Lipinski definition) is 0. The number of rotatable bonds is 2. The molecule has 0 saturated heterocycles. The first-order chi connectivity index (χ1) is 12.5. The van der Waals surface area contributed by atoms with Crippen molar-refractivity contribution in [3.05, 3.63) is 50.7 Å². The zero-order chi connectivity index (χ0) is 22.8. The third kappa shape index (κ3) is 7.05. The second kappa shape index (κ2) is 11.6. The van der Waals surface area contributed by atoms with E-state index in [0.29, 0.717) is 0 Å². The van der Waals surface area contributed by atoms with E-state index < -0.39 is 16.1 Å². The van der Waals surface area contributed by atoms with Crippen molar-refractivity contribution in [2.45, 2.75) is 94.7 Å². The largest absolute Gasteiger partial charge is 0.693 e. The van der Waals surface area contributed by atoms with Gasteiger partial charge in [0, 0.05) is 0 Å². The van der Waals surface area contributed by atoms with Gasteiger partial charge in [-0.15, -0.1) is 0 Å². The minimum Gasteiger partial charge on any atom is -0.693 e. The Morgan fingerprint density at radius 2 is 0.759 bits per heavy atom. The molecule has 0 aliphatic carbocycles. The molecule has 2 aromatic carbocycles. The molecule has 0 unspecified atom stereocenters. The van der Waals surface area contributed by atoms with Crippen molar-refractivity contribution in [2.75, 3.05) is 0 Å². The molecule has 0 heterocycles. The molecule has 0 amide bonds. The fourth-order valence-electron chi connectivity index (χ4n) is 4.69. The van der Waals surface area contributed by atoms with Crippen molar-refractivity contribution in [3.8, 4) is 0 Å². The van der Waals surface area contributed by atoms with E-state index in [9.17, 15) is 0 Å². The van der Waals surface area contributed by atoms with Gasteiger partial charge in [-0.05, 0) is 0 Å². The topological polar surface area (TPSA) is 33.5 Å². The monoisotopic (exact) mass is 485 g/mol. The molecule has 0 aromatic heterocycles. The first-order valence-corrected chi connectivity index (χ1v) is 19.3. The average Bonchev–Trinajstić information content (AvgIpc) is 2.89. The Labute approximate surface area is 199 Å². The predicted octanol–water partition coefficient (Wildman–Crippen LogP) is 7.77. The summed E-state index contributed by atoms with van der Waals surface area (Å²) in [6, 6.07) is 0. The van der Waals surface area contributed by atoms with E-state index in [1.54, 1.807) is 32.6 Å². The molecule has 2 aromatic rings. The molecule has 0 aliphatic rings. The van der Waals surface area contributed by atoms with Crippen LogP contribution in [-0.2, 0) is 19.4 Å². The van der Waals surface area contributed by atoms with Crippen molar-refractivity contribution in [1.82, 2.24) is 0 Å². The van der Waals surface area contributed by atoms with Gasteiger partial charge in [-0.1, -0.05) is 94.7 Å². The van der Waals surface area contributed by atoms with E-state index in [4.69, 9.17) is 0 Å². The zero-order valence-electron chi connectivity index (χ0n) is 21.5. The molecule has 1 nitrogen and oxygen atoms in total. The number of hydrogen-bond donors (Lipinski definition) is 0. The van der Waals surface area contributed by atoms with Crippen LogP contribution in [0.2, 0.25) is 39.3 Å². The van der Waals surface area contributed by atoms with Crippen LogP contribution in [0, 0.1) is 55.4 Å². The van der Waals surface area contributed by atoms with Crippen LogP contribution in [0.25, 0.3) is 6.15 Å². The van der Waals surface area contributed by atoms with Gasteiger partial charge < -0.3 is 6.15 Å². The van der Waals surface area contributed by atoms with Crippen LogP contribution >= 0.6 is 9.30 Å². The first-order valence-electron chi connectivity index (χ1n) is 10.2. The van der Waals surface area contributed by atoms with E-state index in [1.165, 1.54) is 41.6 Å². The van der Waals surface area contributed by atoms with Crippen LogP contribution in [0.4, 0.5) is 0 Å². The van der Waals surface area contributed by atoms with Gasteiger partial charge in [-0.25, -0.2) is 0 Å². The maximum atomic E-state index is 4.64. The van der Waals surface area contributed by atoms with E-state index in [-0.39, 0.29) is 6.15 Å². The minimum absolute atomic E-state index is 0. The quantitative estimate of drug-likeness (QED) is 0.307. The predicted molar refractivity (Wildman–Crippen MR) is 139 cm³/mol. The Morgan fingerprint density at radius 1 is 0.552 bits per heavy atom. The molecule has 5 heteroatoms.